The number of allylic oxidation sites excluding steroid dienone is 4. The van der Waals surface area contributed by atoms with Crippen LogP contribution < -0.4 is 26.5 Å². The summed E-state index contributed by atoms with van der Waals surface area (Å²) >= 11 is 0. The van der Waals surface area contributed by atoms with Crippen LogP contribution in [0.25, 0.3) is 22.3 Å². The van der Waals surface area contributed by atoms with Crippen molar-refractivity contribution in [3.05, 3.63) is 270 Å². The van der Waals surface area contributed by atoms with E-state index < -0.39 is 15.8 Å². The maximum Gasteiger partial charge on any atom is 1.00 e. The van der Waals surface area contributed by atoms with Crippen molar-refractivity contribution >= 4 is 42.4 Å². The van der Waals surface area contributed by atoms with Crippen LogP contribution in [0.1, 0.15) is 46.2 Å². The summed E-state index contributed by atoms with van der Waals surface area (Å²) < 4.78 is 0. The summed E-state index contributed by atoms with van der Waals surface area (Å²) in [5, 5.41) is 8.92. The molecule has 0 radical (unpaired) electrons. The molecule has 0 heterocycles. The number of rotatable bonds is 6. The van der Waals surface area contributed by atoms with Crippen LogP contribution in [0.15, 0.2) is 224 Å². The quantitative estimate of drug-likeness (QED) is 0.0674. The van der Waals surface area contributed by atoms with Gasteiger partial charge in [0.15, 0.2) is 0 Å². The Bertz CT molecular complexity index is 2850. The molecule has 0 saturated carbocycles. The predicted octanol–water partition coefficient (Wildman–Crippen LogP) is 12.0. The third-order valence-electron chi connectivity index (χ3n) is 11.8. The zero-order chi connectivity index (χ0) is 42.1. The van der Waals surface area contributed by atoms with Crippen LogP contribution >= 0.6 is 15.8 Å². The molecule has 0 aliphatic heterocycles. The summed E-state index contributed by atoms with van der Waals surface area (Å²) in [5.74, 6) is 4.87. The molecule has 0 N–H and O–H groups in total. The smallest absolute Gasteiger partial charge is 0.366 e. The molecule has 0 aromatic heterocycles. The maximum absolute atomic E-state index is 7.14. The minimum Gasteiger partial charge on any atom is -0.366 e. The van der Waals surface area contributed by atoms with E-state index in [1.807, 2.05) is 24.3 Å². The molecule has 0 bridgehead atoms. The molecule has 0 amide bonds. The summed E-state index contributed by atoms with van der Waals surface area (Å²) in [6.45, 7) is 0. The van der Waals surface area contributed by atoms with Gasteiger partial charge >= 0.3 is 44.8 Å². The second kappa shape index (κ2) is 22.5. The van der Waals surface area contributed by atoms with Gasteiger partial charge in [-0.15, -0.1) is 35.4 Å². The second-order valence-electron chi connectivity index (χ2n) is 15.7. The van der Waals surface area contributed by atoms with Gasteiger partial charge in [0.2, 0.25) is 0 Å². The number of benzene rings is 8. The van der Waals surface area contributed by atoms with Crippen LogP contribution in [0, 0.1) is 24.7 Å². The Balaban J connectivity index is 0.000000159. The molecule has 4 heteroatoms. The first kappa shape index (κ1) is 46.7. The van der Waals surface area contributed by atoms with E-state index >= 15 is 0 Å². The predicted molar refractivity (Wildman–Crippen MR) is 269 cm³/mol. The number of hydrogen-bond donors (Lipinski definition) is 0. The largest absolute Gasteiger partial charge is 1.00 e. The topological polar surface area (TPSA) is 0 Å². The Morgan fingerprint density at radius 2 is 0.766 bits per heavy atom. The standard InChI is InChI=1S/C30H26P2.2C15H9.2Au/c1-5-15-25(16-6-1)31(26-17-7-2-8-18-26)29-23-13-14-24-30(29)32(27-19-9-3-10-20-27)28-21-11-4-12-22-28;2*1-2-11-7-8-13-10-12-5-3-4-6-14(12)15(13)9-11;;/h1-3,5-11,13-24H,4,12H2;2*3-9H,10H2;;/q;2*-1;2*+1/p+2. The van der Waals surface area contributed by atoms with Gasteiger partial charge in [0.25, 0.3) is 0 Å². The molecule has 11 rings (SSSR count). The molecule has 1 unspecified atom stereocenters. The van der Waals surface area contributed by atoms with Crippen molar-refractivity contribution in [3.63, 3.8) is 0 Å². The van der Waals surface area contributed by atoms with Crippen molar-refractivity contribution in [2.45, 2.75) is 25.7 Å². The summed E-state index contributed by atoms with van der Waals surface area (Å²) in [5.41, 5.74) is 12.3. The second-order valence-corrected chi connectivity index (χ2v) is 20.6. The van der Waals surface area contributed by atoms with Gasteiger partial charge in [0.1, 0.15) is 42.4 Å². The van der Waals surface area contributed by atoms with E-state index in [9.17, 15) is 0 Å². The first-order chi connectivity index (χ1) is 30.7. The molecule has 0 nitrogen and oxygen atoms in total. The minimum absolute atomic E-state index is 0. The molecule has 1 atom stereocenters. The monoisotopic (exact) mass is 1220 g/mol. The molecule has 8 aromatic rings. The molecule has 8 aromatic carbocycles. The van der Waals surface area contributed by atoms with Crippen LogP contribution in [-0.2, 0) is 57.6 Å². The van der Waals surface area contributed by atoms with Gasteiger partial charge in [0.05, 0.1) is 5.31 Å². The summed E-state index contributed by atoms with van der Waals surface area (Å²) in [6.07, 6.45) is 25.8. The SMILES string of the molecule is C1=CC([PH+](c2ccccc2)c2ccccc2[PH+](c2ccccc2)c2ccccc2)=CCC1.[Au+].[Au+].[C-]#Cc1ccc2c(c1)-c1ccccc1C2.[C-]#Cc1ccc2c(c1)-c1ccccc1C2. The van der Waals surface area contributed by atoms with Crippen molar-refractivity contribution < 1.29 is 44.8 Å². The fourth-order valence-electron chi connectivity index (χ4n) is 8.89. The Morgan fingerprint density at radius 3 is 1.20 bits per heavy atom. The number of fused-ring (bicyclic) bond motifs is 6. The molecule has 0 fully saturated rings. The molecule has 3 aliphatic carbocycles. The van der Waals surface area contributed by atoms with Crippen molar-refractivity contribution in [2.24, 2.45) is 0 Å². The van der Waals surface area contributed by atoms with E-state index in [1.54, 1.807) is 0 Å². The van der Waals surface area contributed by atoms with Gasteiger partial charge in [-0.1, -0.05) is 133 Å². The molecular formula is C60H46Au2P2+2. The fraction of sp³-hybridized carbons (Fsp3) is 0.0667. The van der Waals surface area contributed by atoms with Gasteiger partial charge in [-0.3, -0.25) is 11.8 Å². The fourth-order valence-corrected chi connectivity index (χ4v) is 15.0. The maximum atomic E-state index is 7.14. The molecule has 0 spiro atoms. The van der Waals surface area contributed by atoms with Crippen LogP contribution in [0.5, 0.6) is 0 Å². The Hall–Kier alpha value is -5.30. The molecule has 316 valence electrons. The Kier molecular flexibility index (Phi) is 16.4. The molecule has 64 heavy (non-hydrogen) atoms. The molecule has 3 aliphatic rings. The normalized spacial score (nSPS) is 12.6. The van der Waals surface area contributed by atoms with E-state index in [1.165, 1.54) is 76.3 Å². The van der Waals surface area contributed by atoms with Crippen LogP contribution in [0.4, 0.5) is 0 Å². The van der Waals surface area contributed by atoms with E-state index in [0.29, 0.717) is 0 Å². The zero-order valence-electron chi connectivity index (χ0n) is 35.2. The van der Waals surface area contributed by atoms with Gasteiger partial charge in [-0.25, -0.2) is 0 Å². The van der Waals surface area contributed by atoms with E-state index in [-0.39, 0.29) is 44.8 Å². The average molecular weight is 1220 g/mol. The first-order valence-electron chi connectivity index (χ1n) is 21.3. The third-order valence-corrected chi connectivity index (χ3v) is 17.7. The van der Waals surface area contributed by atoms with Crippen LogP contribution in [0.3, 0.4) is 0 Å². The van der Waals surface area contributed by atoms with Gasteiger partial charge < -0.3 is 12.8 Å². The third kappa shape index (κ3) is 10.5. The molecule has 0 saturated heterocycles. The van der Waals surface area contributed by atoms with Crippen molar-refractivity contribution in [1.29, 1.82) is 0 Å². The molecular weight excluding hydrogens is 1180 g/mol. The average Bonchev–Trinajstić information content (AvgIpc) is 3.92. The van der Waals surface area contributed by atoms with Crippen molar-refractivity contribution in [3.8, 4) is 34.1 Å². The Morgan fingerprint density at radius 1 is 0.375 bits per heavy atom. The number of hydrogen-bond acceptors (Lipinski definition) is 0. The summed E-state index contributed by atoms with van der Waals surface area (Å²) in [4.78, 5) is 0. The Labute approximate surface area is 413 Å². The van der Waals surface area contributed by atoms with Crippen molar-refractivity contribution in [2.75, 3.05) is 0 Å². The van der Waals surface area contributed by atoms with Crippen molar-refractivity contribution in [1.82, 2.24) is 0 Å². The van der Waals surface area contributed by atoms with Gasteiger partial charge in [0, 0.05) is 0 Å². The van der Waals surface area contributed by atoms with E-state index in [2.05, 4.69) is 206 Å². The zero-order valence-corrected chi connectivity index (χ0v) is 41.5. The summed E-state index contributed by atoms with van der Waals surface area (Å²) in [6, 6.07) is 71.8. The summed E-state index contributed by atoms with van der Waals surface area (Å²) in [7, 11) is -2.21. The minimum atomic E-state index is -1.12. The van der Waals surface area contributed by atoms with Crippen LogP contribution in [0.2, 0.25) is 0 Å². The first-order valence-corrected chi connectivity index (χ1v) is 24.3. The van der Waals surface area contributed by atoms with Gasteiger partial charge in [-0.2, -0.15) is 0 Å². The van der Waals surface area contributed by atoms with E-state index in [4.69, 9.17) is 12.8 Å². The van der Waals surface area contributed by atoms with Gasteiger partial charge in [-0.05, 0) is 131 Å². The van der Waals surface area contributed by atoms with Crippen LogP contribution in [-0.4, -0.2) is 0 Å². The van der Waals surface area contributed by atoms with E-state index in [0.717, 1.165) is 36.8 Å².